The number of hydrogen-bond acceptors (Lipinski definition) is 3. The van der Waals surface area contributed by atoms with Gasteiger partial charge in [-0.3, -0.25) is 4.79 Å². The molecule has 0 aliphatic rings. The number of likely N-dealkylation sites (N-methyl/N-ethyl adjacent to an activating group) is 1. The lowest BCUT2D eigenvalue weighted by Crippen LogP contribution is -2.35. The molecule has 1 amide bonds. The number of aryl methyl sites for hydroxylation is 1. The Labute approximate surface area is 117 Å². The normalized spacial score (nSPS) is 10.5. The second kappa shape index (κ2) is 7.38. The molecule has 1 aromatic carbocycles. The van der Waals surface area contributed by atoms with Crippen LogP contribution in [0.15, 0.2) is 22.7 Å². The second-order valence-corrected chi connectivity index (χ2v) is 5.38. The first-order chi connectivity index (χ1) is 8.49. The Morgan fingerprint density at radius 1 is 1.39 bits per heavy atom. The van der Waals surface area contributed by atoms with Crippen LogP contribution in [0.3, 0.4) is 0 Å². The van der Waals surface area contributed by atoms with Crippen LogP contribution in [0, 0.1) is 6.92 Å². The Balaban J connectivity index is 2.33. The summed E-state index contributed by atoms with van der Waals surface area (Å²) < 4.78 is 1.04. The Morgan fingerprint density at radius 3 is 2.72 bits per heavy atom. The van der Waals surface area contributed by atoms with Gasteiger partial charge < -0.3 is 15.5 Å². The van der Waals surface area contributed by atoms with Crippen molar-refractivity contribution in [2.24, 2.45) is 0 Å². The number of rotatable bonds is 6. The Hall–Kier alpha value is -1.07. The number of nitrogens with one attached hydrogen (secondary N) is 2. The van der Waals surface area contributed by atoms with E-state index in [2.05, 4.69) is 26.6 Å². The molecule has 1 rings (SSSR count). The number of anilines is 1. The number of carbonyl (C=O) groups excluding carboxylic acids is 1. The quantitative estimate of drug-likeness (QED) is 0.842. The molecule has 5 heteroatoms. The summed E-state index contributed by atoms with van der Waals surface area (Å²) in [6.45, 7) is 3.84. The third-order valence-corrected chi connectivity index (χ3v) is 3.00. The number of amides is 1. The fraction of sp³-hybridized carbons (Fsp3) is 0.462. The number of nitrogens with zero attached hydrogens (tertiary/aromatic N) is 1. The highest BCUT2D eigenvalue weighted by atomic mass is 79.9. The number of carbonyl (C=O) groups is 1. The monoisotopic (exact) mass is 313 g/mol. The molecule has 0 unspecified atom stereocenters. The molecule has 18 heavy (non-hydrogen) atoms. The van der Waals surface area contributed by atoms with Gasteiger partial charge in [0.15, 0.2) is 0 Å². The average Bonchev–Trinajstić information content (AvgIpc) is 2.27. The van der Waals surface area contributed by atoms with Gasteiger partial charge in [0, 0.05) is 23.2 Å². The minimum atomic E-state index is 0.0131. The van der Waals surface area contributed by atoms with Gasteiger partial charge in [0.05, 0.1) is 6.54 Å². The highest BCUT2D eigenvalue weighted by Gasteiger charge is 2.03. The van der Waals surface area contributed by atoms with Crippen molar-refractivity contribution in [1.82, 2.24) is 10.2 Å². The molecule has 1 aromatic rings. The summed E-state index contributed by atoms with van der Waals surface area (Å²) in [7, 11) is 3.96. The molecule has 0 bridgehead atoms. The van der Waals surface area contributed by atoms with E-state index in [4.69, 9.17) is 0 Å². The van der Waals surface area contributed by atoms with E-state index in [1.54, 1.807) is 0 Å². The molecule has 0 aliphatic heterocycles. The lowest BCUT2D eigenvalue weighted by molar-refractivity contribution is -0.119. The van der Waals surface area contributed by atoms with Crippen LogP contribution < -0.4 is 10.6 Å². The lowest BCUT2D eigenvalue weighted by atomic mass is 10.2. The van der Waals surface area contributed by atoms with Gasteiger partial charge >= 0.3 is 0 Å². The van der Waals surface area contributed by atoms with Gasteiger partial charge in [-0.05, 0) is 44.8 Å². The van der Waals surface area contributed by atoms with E-state index in [1.807, 2.05) is 44.1 Å². The van der Waals surface area contributed by atoms with Crippen molar-refractivity contribution >= 4 is 27.5 Å². The molecule has 0 fully saturated rings. The van der Waals surface area contributed by atoms with Gasteiger partial charge in [-0.25, -0.2) is 0 Å². The smallest absolute Gasteiger partial charge is 0.239 e. The van der Waals surface area contributed by atoms with Crippen LogP contribution in [0.5, 0.6) is 0 Å². The van der Waals surface area contributed by atoms with Gasteiger partial charge in [-0.1, -0.05) is 15.9 Å². The molecule has 0 heterocycles. The molecule has 0 aliphatic carbocycles. The molecular formula is C13H20BrN3O. The van der Waals surface area contributed by atoms with Crippen molar-refractivity contribution in [1.29, 1.82) is 0 Å². The third-order valence-electron chi connectivity index (χ3n) is 2.51. The molecule has 4 nitrogen and oxygen atoms in total. The van der Waals surface area contributed by atoms with E-state index < -0.39 is 0 Å². The number of benzene rings is 1. The molecule has 100 valence electrons. The van der Waals surface area contributed by atoms with Gasteiger partial charge in [0.1, 0.15) is 0 Å². The Kier molecular flexibility index (Phi) is 6.15. The Bertz CT molecular complexity index is 407. The van der Waals surface area contributed by atoms with Crippen LogP contribution in [0.2, 0.25) is 0 Å². The first kappa shape index (κ1) is 15.0. The summed E-state index contributed by atoms with van der Waals surface area (Å²) >= 11 is 3.41. The maximum absolute atomic E-state index is 11.6. The molecule has 0 saturated heterocycles. The van der Waals surface area contributed by atoms with Crippen molar-refractivity contribution in [3.63, 3.8) is 0 Å². The predicted octanol–water partition coefficient (Wildman–Crippen LogP) is 1.85. The maximum Gasteiger partial charge on any atom is 0.239 e. The van der Waals surface area contributed by atoms with Gasteiger partial charge in [0.2, 0.25) is 5.91 Å². The van der Waals surface area contributed by atoms with Crippen LogP contribution >= 0.6 is 15.9 Å². The lowest BCUT2D eigenvalue weighted by Gasteiger charge is -2.12. The third kappa shape index (κ3) is 5.51. The van der Waals surface area contributed by atoms with Crippen LogP contribution in [0.1, 0.15) is 5.56 Å². The van der Waals surface area contributed by atoms with Crippen LogP contribution in [-0.4, -0.2) is 44.5 Å². The highest BCUT2D eigenvalue weighted by Crippen LogP contribution is 2.19. The van der Waals surface area contributed by atoms with E-state index in [1.165, 1.54) is 0 Å². The molecular weight excluding hydrogens is 294 g/mol. The standard InChI is InChI=1S/C13H20BrN3O/c1-10-8-11(14)4-5-12(10)16-9-13(18)15-6-7-17(2)3/h4-5,8,16H,6-7,9H2,1-3H3,(H,15,18). The van der Waals surface area contributed by atoms with E-state index in [9.17, 15) is 4.79 Å². The van der Waals surface area contributed by atoms with Crippen LogP contribution in [0.4, 0.5) is 5.69 Å². The molecule has 0 aromatic heterocycles. The molecule has 0 radical (unpaired) electrons. The van der Waals surface area contributed by atoms with E-state index in [0.29, 0.717) is 13.1 Å². The van der Waals surface area contributed by atoms with E-state index in [0.717, 1.165) is 22.3 Å². The summed E-state index contributed by atoms with van der Waals surface area (Å²) in [6.07, 6.45) is 0. The first-order valence-electron chi connectivity index (χ1n) is 5.90. The second-order valence-electron chi connectivity index (χ2n) is 4.47. The van der Waals surface area contributed by atoms with Crippen molar-refractivity contribution in [2.45, 2.75) is 6.92 Å². The Morgan fingerprint density at radius 2 is 2.11 bits per heavy atom. The van der Waals surface area contributed by atoms with Crippen molar-refractivity contribution in [3.8, 4) is 0 Å². The van der Waals surface area contributed by atoms with Crippen LogP contribution in [-0.2, 0) is 4.79 Å². The fourth-order valence-corrected chi connectivity index (χ4v) is 1.96. The SMILES string of the molecule is Cc1cc(Br)ccc1NCC(=O)NCCN(C)C. The minimum Gasteiger partial charge on any atom is -0.376 e. The van der Waals surface area contributed by atoms with Crippen molar-refractivity contribution in [3.05, 3.63) is 28.2 Å². The number of halogens is 1. The van der Waals surface area contributed by atoms with Crippen molar-refractivity contribution in [2.75, 3.05) is 39.0 Å². The van der Waals surface area contributed by atoms with Crippen molar-refractivity contribution < 1.29 is 4.79 Å². The zero-order chi connectivity index (χ0) is 13.5. The summed E-state index contributed by atoms with van der Waals surface area (Å²) in [4.78, 5) is 13.6. The minimum absolute atomic E-state index is 0.0131. The van der Waals surface area contributed by atoms with E-state index >= 15 is 0 Å². The fourth-order valence-electron chi connectivity index (χ4n) is 1.48. The predicted molar refractivity (Wildman–Crippen MR) is 78.9 cm³/mol. The van der Waals surface area contributed by atoms with Crippen LogP contribution in [0.25, 0.3) is 0 Å². The van der Waals surface area contributed by atoms with Gasteiger partial charge in [-0.2, -0.15) is 0 Å². The average molecular weight is 314 g/mol. The summed E-state index contributed by atoms with van der Waals surface area (Å²) in [5.74, 6) is 0.0131. The van der Waals surface area contributed by atoms with Gasteiger partial charge in [0.25, 0.3) is 0 Å². The summed E-state index contributed by atoms with van der Waals surface area (Å²) in [5.41, 5.74) is 2.10. The topological polar surface area (TPSA) is 44.4 Å². The molecule has 2 N–H and O–H groups in total. The summed E-state index contributed by atoms with van der Waals surface area (Å²) in [6, 6.07) is 5.94. The largest absolute Gasteiger partial charge is 0.376 e. The maximum atomic E-state index is 11.6. The highest BCUT2D eigenvalue weighted by molar-refractivity contribution is 9.10. The molecule has 0 atom stereocenters. The molecule has 0 saturated carbocycles. The number of hydrogen-bond donors (Lipinski definition) is 2. The van der Waals surface area contributed by atoms with E-state index in [-0.39, 0.29) is 5.91 Å². The van der Waals surface area contributed by atoms with Gasteiger partial charge in [-0.15, -0.1) is 0 Å². The first-order valence-corrected chi connectivity index (χ1v) is 6.70. The zero-order valence-electron chi connectivity index (χ0n) is 11.1. The zero-order valence-corrected chi connectivity index (χ0v) is 12.7. The summed E-state index contributed by atoms with van der Waals surface area (Å²) in [5, 5.41) is 5.99. The molecule has 0 spiro atoms.